The maximum absolute atomic E-state index is 13.3. The van der Waals surface area contributed by atoms with Crippen LogP contribution in [0.1, 0.15) is 64.5 Å². The predicted octanol–water partition coefficient (Wildman–Crippen LogP) is 2.38. The molecule has 3 atom stereocenters. The first-order chi connectivity index (χ1) is 16.0. The lowest BCUT2D eigenvalue weighted by Crippen LogP contribution is -2.43. The fourth-order valence-electron chi connectivity index (χ4n) is 4.03. The molecule has 2 heterocycles. The van der Waals surface area contributed by atoms with Crippen LogP contribution < -0.4 is 21.5 Å². The number of carbonyl (C=O) groups is 3. The summed E-state index contributed by atoms with van der Waals surface area (Å²) in [4.78, 5) is 50.7. The van der Waals surface area contributed by atoms with Crippen LogP contribution in [0.4, 0.5) is 10.5 Å². The van der Waals surface area contributed by atoms with Gasteiger partial charge in [-0.15, -0.1) is 0 Å². The second kappa shape index (κ2) is 10.3. The summed E-state index contributed by atoms with van der Waals surface area (Å²) in [5, 5.41) is 17.5. The highest BCUT2D eigenvalue weighted by molar-refractivity contribution is 5.86. The largest absolute Gasteiger partial charge is 0.444 e. The van der Waals surface area contributed by atoms with Crippen molar-refractivity contribution in [1.29, 1.82) is 5.26 Å². The Morgan fingerprint density at radius 3 is 2.53 bits per heavy atom. The number of nitriles is 1. The van der Waals surface area contributed by atoms with E-state index in [4.69, 9.17) is 4.74 Å². The van der Waals surface area contributed by atoms with E-state index in [-0.39, 0.29) is 23.9 Å². The van der Waals surface area contributed by atoms with Gasteiger partial charge >= 0.3 is 6.09 Å². The van der Waals surface area contributed by atoms with Gasteiger partial charge < -0.3 is 19.9 Å². The van der Waals surface area contributed by atoms with Crippen LogP contribution in [0.3, 0.4) is 0 Å². The Morgan fingerprint density at radius 1 is 1.26 bits per heavy atom. The van der Waals surface area contributed by atoms with Crippen molar-refractivity contribution in [2.75, 3.05) is 11.9 Å². The number of rotatable bonds is 8. The number of carbonyl (C=O) groups excluding carboxylic acids is 3. The second-order valence-electron chi connectivity index (χ2n) is 10.1. The number of aryl methyl sites for hydroxylation is 1. The molecule has 3 rings (SSSR count). The highest BCUT2D eigenvalue weighted by Gasteiger charge is 2.34. The van der Waals surface area contributed by atoms with Crippen molar-refractivity contribution in [2.45, 2.75) is 77.5 Å². The Labute approximate surface area is 199 Å². The van der Waals surface area contributed by atoms with Crippen LogP contribution in [0.15, 0.2) is 17.1 Å². The first kappa shape index (κ1) is 25.3. The van der Waals surface area contributed by atoms with Crippen LogP contribution in [0.5, 0.6) is 0 Å². The molecule has 1 saturated carbocycles. The Morgan fingerprint density at radius 2 is 1.97 bits per heavy atom. The highest BCUT2D eigenvalue weighted by atomic mass is 16.6. The van der Waals surface area contributed by atoms with E-state index in [1.165, 1.54) is 10.8 Å². The maximum Gasteiger partial charge on any atom is 0.412 e. The number of anilines is 1. The summed E-state index contributed by atoms with van der Waals surface area (Å²) >= 11 is 0. The fraction of sp³-hybridized carbons (Fsp3) is 0.625. The summed E-state index contributed by atoms with van der Waals surface area (Å²) in [6.07, 6.45) is 4.01. The van der Waals surface area contributed by atoms with Crippen LogP contribution in [0.25, 0.3) is 0 Å². The van der Waals surface area contributed by atoms with Crippen LogP contribution in [0.2, 0.25) is 0 Å². The van der Waals surface area contributed by atoms with E-state index in [0.717, 1.165) is 12.8 Å². The molecule has 10 nitrogen and oxygen atoms in total. The molecule has 3 amide bonds. The minimum atomic E-state index is -0.844. The Kier molecular flexibility index (Phi) is 7.64. The van der Waals surface area contributed by atoms with Gasteiger partial charge in [-0.2, -0.15) is 5.26 Å². The molecule has 0 bridgehead atoms. The van der Waals surface area contributed by atoms with Gasteiger partial charge in [0.05, 0.1) is 6.07 Å². The van der Waals surface area contributed by atoms with Crippen molar-refractivity contribution in [3.63, 3.8) is 0 Å². The predicted molar refractivity (Wildman–Crippen MR) is 125 cm³/mol. The van der Waals surface area contributed by atoms with Gasteiger partial charge in [-0.1, -0.05) is 12.8 Å². The Balaban J connectivity index is 1.82. The van der Waals surface area contributed by atoms with Crippen molar-refractivity contribution in [3.05, 3.63) is 28.2 Å². The van der Waals surface area contributed by atoms with Gasteiger partial charge in [0.25, 0.3) is 5.56 Å². The lowest BCUT2D eigenvalue weighted by atomic mass is 9.98. The third-order valence-corrected chi connectivity index (χ3v) is 6.00. The lowest BCUT2D eigenvalue weighted by molar-refractivity contribution is -0.126. The van der Waals surface area contributed by atoms with Crippen molar-refractivity contribution in [3.8, 4) is 6.07 Å². The molecule has 1 saturated heterocycles. The average molecular weight is 472 g/mol. The molecule has 34 heavy (non-hydrogen) atoms. The van der Waals surface area contributed by atoms with Gasteiger partial charge in [-0.25, -0.2) is 4.79 Å². The number of pyridine rings is 1. The normalized spacial score (nSPS) is 19.5. The summed E-state index contributed by atoms with van der Waals surface area (Å²) in [6.45, 7) is 7.41. The SMILES string of the molecule is Cc1ccn([C@@H](CC2CC2)C(=O)N[C@H](C#N)C[C@@H]2CCNC2=O)c(=O)c1NC(=O)OC(C)(C)C. The summed E-state index contributed by atoms with van der Waals surface area (Å²) in [6, 6.07) is 2.04. The molecule has 3 N–H and O–H groups in total. The van der Waals surface area contributed by atoms with Crippen LogP contribution in [-0.4, -0.2) is 40.7 Å². The molecule has 1 aliphatic heterocycles. The standard InChI is InChI=1S/C24H33N5O5/c1-14-8-10-29(22(32)19(14)28-23(33)34-24(2,3)4)18(11-15-5-6-15)21(31)27-17(13-25)12-16-7-9-26-20(16)30/h8,10,15-18H,5-7,9,11-12H2,1-4H3,(H,26,30)(H,27,31)(H,28,33)/t16-,17-,18-/m0/s1. The minimum absolute atomic E-state index is 0.0461. The first-order valence-electron chi connectivity index (χ1n) is 11.7. The molecule has 2 fully saturated rings. The van der Waals surface area contributed by atoms with E-state index in [0.29, 0.717) is 30.9 Å². The van der Waals surface area contributed by atoms with Crippen molar-refractivity contribution in [2.24, 2.45) is 11.8 Å². The molecule has 0 spiro atoms. The Hall–Kier alpha value is -3.35. The fourth-order valence-corrected chi connectivity index (χ4v) is 4.03. The molecule has 2 aliphatic rings. The third kappa shape index (κ3) is 6.59. The quantitative estimate of drug-likeness (QED) is 0.531. The number of amides is 3. The zero-order chi connectivity index (χ0) is 25.0. The van der Waals surface area contributed by atoms with Gasteiger partial charge in [-0.3, -0.25) is 19.7 Å². The average Bonchev–Trinajstić information content (AvgIpc) is 3.48. The zero-order valence-corrected chi connectivity index (χ0v) is 20.1. The summed E-state index contributed by atoms with van der Waals surface area (Å²) in [5.74, 6) is -0.575. The molecule has 10 heteroatoms. The molecule has 1 aromatic heterocycles. The maximum atomic E-state index is 13.3. The number of ether oxygens (including phenoxy) is 1. The monoisotopic (exact) mass is 471 g/mol. The first-order valence-corrected chi connectivity index (χ1v) is 11.7. The minimum Gasteiger partial charge on any atom is -0.444 e. The highest BCUT2D eigenvalue weighted by Crippen LogP contribution is 2.37. The van der Waals surface area contributed by atoms with Gasteiger partial charge in [0.1, 0.15) is 23.4 Å². The third-order valence-electron chi connectivity index (χ3n) is 6.00. The number of hydrogen-bond donors (Lipinski definition) is 3. The van der Waals surface area contributed by atoms with Crippen molar-refractivity contribution >= 4 is 23.6 Å². The van der Waals surface area contributed by atoms with E-state index >= 15 is 0 Å². The molecule has 184 valence electrons. The number of hydrogen-bond acceptors (Lipinski definition) is 6. The van der Waals surface area contributed by atoms with Gasteiger partial charge in [0.15, 0.2) is 0 Å². The van der Waals surface area contributed by atoms with Crippen LogP contribution in [-0.2, 0) is 14.3 Å². The molecular weight excluding hydrogens is 438 g/mol. The lowest BCUT2D eigenvalue weighted by Gasteiger charge is -2.24. The van der Waals surface area contributed by atoms with E-state index in [1.807, 2.05) is 0 Å². The number of aromatic nitrogens is 1. The summed E-state index contributed by atoms with van der Waals surface area (Å²) in [5.41, 5.74) is -0.664. The van der Waals surface area contributed by atoms with Crippen molar-refractivity contribution in [1.82, 2.24) is 15.2 Å². The molecule has 0 unspecified atom stereocenters. The van der Waals surface area contributed by atoms with Crippen LogP contribution in [0, 0.1) is 30.1 Å². The number of nitrogens with one attached hydrogen (secondary N) is 3. The van der Waals surface area contributed by atoms with Gasteiger partial charge in [-0.05, 0) is 64.5 Å². The second-order valence-corrected chi connectivity index (χ2v) is 10.1. The van der Waals surface area contributed by atoms with Crippen molar-refractivity contribution < 1.29 is 19.1 Å². The molecule has 0 radical (unpaired) electrons. The smallest absolute Gasteiger partial charge is 0.412 e. The van der Waals surface area contributed by atoms with Crippen LogP contribution >= 0.6 is 0 Å². The van der Waals surface area contributed by atoms with Gasteiger partial charge in [0.2, 0.25) is 11.8 Å². The zero-order valence-electron chi connectivity index (χ0n) is 20.1. The summed E-state index contributed by atoms with van der Waals surface area (Å²) < 4.78 is 6.58. The number of nitrogens with zero attached hydrogens (tertiary/aromatic N) is 2. The molecule has 0 aromatic carbocycles. The molecular formula is C24H33N5O5. The van der Waals surface area contributed by atoms with Gasteiger partial charge in [0, 0.05) is 18.7 Å². The molecule has 1 aromatic rings. The van der Waals surface area contributed by atoms with E-state index < -0.39 is 35.2 Å². The van der Waals surface area contributed by atoms with E-state index in [1.54, 1.807) is 33.8 Å². The van der Waals surface area contributed by atoms with E-state index in [9.17, 15) is 24.4 Å². The summed E-state index contributed by atoms with van der Waals surface area (Å²) in [7, 11) is 0. The van der Waals surface area contributed by atoms with E-state index in [2.05, 4.69) is 22.0 Å². The Bertz CT molecular complexity index is 1050. The topological polar surface area (TPSA) is 142 Å². The molecule has 1 aliphatic carbocycles.